The maximum atomic E-state index is 13.5. The number of allylic oxidation sites excluding steroid dienone is 2. The number of carbonyl (C=O) groups is 1. The molecule has 26 heavy (non-hydrogen) atoms. The van der Waals surface area contributed by atoms with Gasteiger partial charge in [0, 0.05) is 5.56 Å². The van der Waals surface area contributed by atoms with Gasteiger partial charge >= 0.3 is 6.18 Å². The fourth-order valence-electron chi connectivity index (χ4n) is 2.81. The van der Waals surface area contributed by atoms with Crippen molar-refractivity contribution < 1.29 is 18.0 Å². The van der Waals surface area contributed by atoms with E-state index in [4.69, 9.17) is 34.8 Å². The maximum absolute atomic E-state index is 13.5. The van der Waals surface area contributed by atoms with Gasteiger partial charge < -0.3 is 0 Å². The molecule has 0 atom stereocenters. The second kappa shape index (κ2) is 7.26. The molecular weight excluding hydrogens is 408 g/mol. The van der Waals surface area contributed by atoms with Crippen molar-refractivity contribution in [2.75, 3.05) is 0 Å². The Bertz CT molecular complexity index is 894. The van der Waals surface area contributed by atoms with E-state index in [1.807, 2.05) is 6.42 Å². The van der Waals surface area contributed by atoms with Crippen molar-refractivity contribution in [1.29, 1.82) is 0 Å². The summed E-state index contributed by atoms with van der Waals surface area (Å²) in [4.78, 5) is 12.4. The fraction of sp³-hybridized carbons (Fsp3) is 0.158. The van der Waals surface area contributed by atoms with E-state index in [0.29, 0.717) is 6.08 Å². The van der Waals surface area contributed by atoms with Gasteiger partial charge in [0.2, 0.25) is 0 Å². The van der Waals surface area contributed by atoms with E-state index in [1.54, 1.807) is 12.1 Å². The summed E-state index contributed by atoms with van der Waals surface area (Å²) < 4.78 is 40.6. The fourth-order valence-corrected chi connectivity index (χ4v) is 3.41. The highest BCUT2D eigenvalue weighted by Crippen LogP contribution is 2.39. The van der Waals surface area contributed by atoms with Crippen LogP contribution in [0, 0.1) is 6.42 Å². The van der Waals surface area contributed by atoms with Crippen molar-refractivity contribution in [3.05, 3.63) is 80.2 Å². The largest absolute Gasteiger partial charge is 0.417 e. The van der Waals surface area contributed by atoms with Gasteiger partial charge in [0.05, 0.1) is 20.6 Å². The van der Waals surface area contributed by atoms with E-state index in [9.17, 15) is 18.0 Å². The number of halogens is 6. The second-order valence-electron chi connectivity index (χ2n) is 5.83. The number of ketones is 1. The van der Waals surface area contributed by atoms with Crippen LogP contribution in [0.2, 0.25) is 15.1 Å². The number of benzene rings is 2. The van der Waals surface area contributed by atoms with Gasteiger partial charge in [-0.2, -0.15) is 13.2 Å². The molecule has 0 saturated carbocycles. The molecular formula is C19H11Cl3F3O. The van der Waals surface area contributed by atoms with Crippen LogP contribution in [0.5, 0.6) is 0 Å². The second-order valence-corrected chi connectivity index (χ2v) is 7.02. The molecule has 0 heterocycles. The molecule has 1 aliphatic carbocycles. The number of alkyl halides is 3. The van der Waals surface area contributed by atoms with Crippen molar-refractivity contribution in [2.45, 2.75) is 19.0 Å². The highest BCUT2D eigenvalue weighted by molar-refractivity contribution is 6.48. The van der Waals surface area contributed by atoms with Crippen LogP contribution in [-0.2, 0) is 6.42 Å². The summed E-state index contributed by atoms with van der Waals surface area (Å²) in [6, 6.07) is 6.98. The van der Waals surface area contributed by atoms with Crippen molar-refractivity contribution in [2.24, 2.45) is 0 Å². The average molecular weight is 419 g/mol. The van der Waals surface area contributed by atoms with Crippen molar-refractivity contribution in [3.63, 3.8) is 0 Å². The first-order valence-electron chi connectivity index (χ1n) is 7.61. The lowest BCUT2D eigenvalue weighted by atomic mass is 9.99. The van der Waals surface area contributed by atoms with Crippen molar-refractivity contribution >= 4 is 46.2 Å². The molecule has 0 amide bonds. The minimum absolute atomic E-state index is 0.0418. The SMILES string of the molecule is O=C(C=C(c1cc(Cl)c(Cl)c(Cl)c1)C(F)(F)F)c1ccc2c(c1)CC[CH]2. The maximum Gasteiger partial charge on any atom is 0.417 e. The van der Waals surface area contributed by atoms with Crippen molar-refractivity contribution in [3.8, 4) is 0 Å². The Morgan fingerprint density at radius 2 is 1.65 bits per heavy atom. The Kier molecular flexibility index (Phi) is 5.38. The summed E-state index contributed by atoms with van der Waals surface area (Å²) in [5.41, 5.74) is 0.718. The Balaban J connectivity index is 2.04. The van der Waals surface area contributed by atoms with Crippen molar-refractivity contribution in [1.82, 2.24) is 0 Å². The predicted molar refractivity (Wildman–Crippen MR) is 98.0 cm³/mol. The molecule has 0 spiro atoms. The summed E-state index contributed by atoms with van der Waals surface area (Å²) >= 11 is 17.5. The smallest absolute Gasteiger partial charge is 0.289 e. The zero-order valence-electron chi connectivity index (χ0n) is 13.1. The van der Waals surface area contributed by atoms with Crippen LogP contribution in [-0.4, -0.2) is 12.0 Å². The standard InChI is InChI=1S/C19H11Cl3F3O/c20-15-7-13(8-16(21)18(15)22)14(19(23,24)25)9-17(26)12-5-4-10-2-1-3-11(10)6-12/h2,4-9H,1,3H2. The van der Waals surface area contributed by atoms with Crippen LogP contribution in [0.1, 0.15) is 33.5 Å². The highest BCUT2D eigenvalue weighted by atomic mass is 35.5. The number of hydrogen-bond donors (Lipinski definition) is 0. The lowest BCUT2D eigenvalue weighted by Gasteiger charge is -2.14. The van der Waals surface area contributed by atoms with Crippen LogP contribution in [0.3, 0.4) is 0 Å². The topological polar surface area (TPSA) is 17.1 Å². The van der Waals surface area contributed by atoms with Gasteiger partial charge in [-0.15, -0.1) is 0 Å². The normalized spacial score (nSPS) is 14.5. The van der Waals surface area contributed by atoms with E-state index in [1.165, 1.54) is 6.07 Å². The summed E-state index contributed by atoms with van der Waals surface area (Å²) in [5.74, 6) is -0.741. The zero-order valence-corrected chi connectivity index (χ0v) is 15.4. The summed E-state index contributed by atoms with van der Waals surface area (Å²) in [5, 5.41) is -0.283. The number of hydrogen-bond acceptors (Lipinski definition) is 1. The first kappa shape index (κ1) is 19.3. The molecule has 7 heteroatoms. The van der Waals surface area contributed by atoms with Gasteiger partial charge in [-0.1, -0.05) is 46.9 Å². The number of fused-ring (bicyclic) bond motifs is 1. The third-order valence-corrected chi connectivity index (χ3v) is 5.28. The third kappa shape index (κ3) is 3.93. The number of rotatable bonds is 3. The number of carbonyl (C=O) groups excluding carboxylic acids is 1. The quantitative estimate of drug-likeness (QED) is 0.299. The molecule has 3 rings (SSSR count). The molecule has 2 aromatic rings. The highest BCUT2D eigenvalue weighted by Gasteiger charge is 2.36. The molecule has 0 saturated heterocycles. The summed E-state index contributed by atoms with van der Waals surface area (Å²) in [7, 11) is 0. The summed E-state index contributed by atoms with van der Waals surface area (Å²) in [6.45, 7) is 0. The van der Waals surface area contributed by atoms with E-state index >= 15 is 0 Å². The van der Waals surface area contributed by atoms with Crippen LogP contribution < -0.4 is 0 Å². The minimum atomic E-state index is -4.76. The molecule has 1 nitrogen and oxygen atoms in total. The van der Waals surface area contributed by atoms with E-state index in [-0.39, 0.29) is 26.2 Å². The van der Waals surface area contributed by atoms with Gasteiger partial charge in [0.1, 0.15) is 0 Å². The monoisotopic (exact) mass is 417 g/mol. The predicted octanol–water partition coefficient (Wildman–Crippen LogP) is 6.97. The lowest BCUT2D eigenvalue weighted by molar-refractivity contribution is -0.0689. The van der Waals surface area contributed by atoms with Crippen LogP contribution in [0.25, 0.3) is 5.57 Å². The van der Waals surface area contributed by atoms with Gasteiger partial charge in [0.25, 0.3) is 0 Å². The Labute approximate surface area is 163 Å². The molecule has 0 aromatic heterocycles. The molecule has 0 fully saturated rings. The first-order chi connectivity index (χ1) is 12.2. The molecule has 1 radical (unpaired) electrons. The van der Waals surface area contributed by atoms with Gasteiger partial charge in [0.15, 0.2) is 5.78 Å². The molecule has 135 valence electrons. The minimum Gasteiger partial charge on any atom is -0.289 e. The van der Waals surface area contributed by atoms with E-state index in [2.05, 4.69) is 0 Å². The van der Waals surface area contributed by atoms with Crippen LogP contribution >= 0.6 is 34.8 Å². The Hall–Kier alpha value is -1.49. The average Bonchev–Trinajstić information content (AvgIpc) is 3.03. The van der Waals surface area contributed by atoms with E-state index in [0.717, 1.165) is 36.1 Å². The summed E-state index contributed by atoms with van der Waals surface area (Å²) in [6.07, 6.45) is -0.539. The molecule has 2 aromatic carbocycles. The first-order valence-corrected chi connectivity index (χ1v) is 8.74. The van der Waals surface area contributed by atoms with Gasteiger partial charge in [-0.25, -0.2) is 0 Å². The van der Waals surface area contributed by atoms with E-state index < -0.39 is 17.5 Å². The molecule has 0 N–H and O–H groups in total. The lowest BCUT2D eigenvalue weighted by Crippen LogP contribution is -2.13. The number of aryl methyl sites for hydroxylation is 1. The third-order valence-electron chi connectivity index (χ3n) is 4.08. The van der Waals surface area contributed by atoms with Crippen LogP contribution in [0.15, 0.2) is 36.4 Å². The Morgan fingerprint density at radius 1 is 1.00 bits per heavy atom. The van der Waals surface area contributed by atoms with Crippen LogP contribution in [0.4, 0.5) is 13.2 Å². The molecule has 0 aliphatic heterocycles. The Morgan fingerprint density at radius 3 is 2.27 bits per heavy atom. The zero-order chi connectivity index (χ0) is 19.1. The van der Waals surface area contributed by atoms with Gasteiger partial charge in [-0.3, -0.25) is 4.79 Å². The molecule has 1 aliphatic rings. The van der Waals surface area contributed by atoms with Gasteiger partial charge in [-0.05, 0) is 60.2 Å². The molecule has 0 unspecified atom stereocenters. The molecule has 0 bridgehead atoms.